The molecule has 21 heavy (non-hydrogen) atoms. The van der Waals surface area contributed by atoms with E-state index in [4.69, 9.17) is 0 Å². The van der Waals surface area contributed by atoms with Gasteiger partial charge in [-0.15, -0.1) is 0 Å². The minimum absolute atomic E-state index is 0.0389. The van der Waals surface area contributed by atoms with E-state index >= 15 is 0 Å². The molecule has 7 nitrogen and oxygen atoms in total. The highest BCUT2D eigenvalue weighted by molar-refractivity contribution is 7.89. The first kappa shape index (κ1) is 15.0. The van der Waals surface area contributed by atoms with E-state index in [1.165, 1.54) is 18.3 Å². The van der Waals surface area contributed by atoms with E-state index < -0.39 is 20.8 Å². The maximum Gasteiger partial charge on any atom is 0.269 e. The first-order valence-electron chi connectivity index (χ1n) is 5.73. The van der Waals surface area contributed by atoms with Gasteiger partial charge in [-0.05, 0) is 24.3 Å². The molecule has 0 radical (unpaired) electrons. The number of sulfonamides is 1. The Hall–Kier alpha value is -2.39. The van der Waals surface area contributed by atoms with E-state index in [1.54, 1.807) is 0 Å². The smallest absolute Gasteiger partial charge is 0.258 e. The zero-order chi connectivity index (χ0) is 15.5. The molecular formula is C12H10FN3O4S. The van der Waals surface area contributed by atoms with Gasteiger partial charge in [-0.3, -0.25) is 15.1 Å². The topological polar surface area (TPSA) is 102 Å². The average Bonchev–Trinajstić information content (AvgIpc) is 2.46. The van der Waals surface area contributed by atoms with E-state index in [9.17, 15) is 22.9 Å². The predicted molar refractivity (Wildman–Crippen MR) is 71.3 cm³/mol. The van der Waals surface area contributed by atoms with Crippen LogP contribution < -0.4 is 4.72 Å². The van der Waals surface area contributed by atoms with Crippen molar-refractivity contribution < 1.29 is 17.7 Å². The quantitative estimate of drug-likeness (QED) is 0.667. The van der Waals surface area contributed by atoms with Crippen LogP contribution in [0, 0.1) is 15.9 Å². The maximum absolute atomic E-state index is 13.3. The second kappa shape index (κ2) is 5.94. The molecule has 110 valence electrons. The number of pyridine rings is 1. The first-order valence-corrected chi connectivity index (χ1v) is 7.22. The third-order valence-electron chi connectivity index (χ3n) is 2.62. The summed E-state index contributed by atoms with van der Waals surface area (Å²) >= 11 is 0. The molecule has 0 fully saturated rings. The van der Waals surface area contributed by atoms with Gasteiger partial charge in [0.15, 0.2) is 0 Å². The van der Waals surface area contributed by atoms with E-state index in [0.717, 1.165) is 24.3 Å². The van der Waals surface area contributed by atoms with Crippen LogP contribution in [0.5, 0.6) is 0 Å². The zero-order valence-electron chi connectivity index (χ0n) is 10.6. The van der Waals surface area contributed by atoms with E-state index in [1.807, 2.05) is 0 Å². The van der Waals surface area contributed by atoms with Crippen molar-refractivity contribution in [3.8, 4) is 0 Å². The van der Waals surface area contributed by atoms with Crippen LogP contribution >= 0.6 is 0 Å². The van der Waals surface area contributed by atoms with Gasteiger partial charge in [-0.25, -0.2) is 17.5 Å². The van der Waals surface area contributed by atoms with Gasteiger partial charge in [0.05, 0.1) is 22.1 Å². The molecule has 1 aromatic heterocycles. The third-order valence-corrected chi connectivity index (χ3v) is 4.04. The average molecular weight is 311 g/mol. The van der Waals surface area contributed by atoms with Crippen molar-refractivity contribution in [2.75, 3.05) is 0 Å². The fourth-order valence-corrected chi connectivity index (χ4v) is 2.53. The van der Waals surface area contributed by atoms with Gasteiger partial charge in [0.25, 0.3) is 5.69 Å². The number of non-ortho nitro benzene ring substituents is 1. The molecule has 0 aliphatic carbocycles. The lowest BCUT2D eigenvalue weighted by molar-refractivity contribution is -0.384. The Balaban J connectivity index is 2.15. The third kappa shape index (κ3) is 3.58. The van der Waals surface area contributed by atoms with Crippen LogP contribution in [0.25, 0.3) is 0 Å². The van der Waals surface area contributed by atoms with Gasteiger partial charge in [0.2, 0.25) is 10.0 Å². The predicted octanol–water partition coefficient (Wildman–Crippen LogP) is 1.61. The van der Waals surface area contributed by atoms with Gasteiger partial charge in [0, 0.05) is 18.3 Å². The van der Waals surface area contributed by atoms with Gasteiger partial charge < -0.3 is 0 Å². The lowest BCUT2D eigenvalue weighted by Crippen LogP contribution is -2.24. The maximum atomic E-state index is 13.3. The molecule has 0 amide bonds. The molecule has 0 atom stereocenters. The zero-order valence-corrected chi connectivity index (χ0v) is 11.4. The highest BCUT2D eigenvalue weighted by Crippen LogP contribution is 2.16. The molecule has 0 aliphatic rings. The van der Waals surface area contributed by atoms with Crippen molar-refractivity contribution in [2.45, 2.75) is 11.4 Å². The number of hydrogen-bond donors (Lipinski definition) is 1. The van der Waals surface area contributed by atoms with Crippen LogP contribution in [-0.4, -0.2) is 18.3 Å². The fourth-order valence-electron chi connectivity index (χ4n) is 1.54. The summed E-state index contributed by atoms with van der Waals surface area (Å²) in [7, 11) is -3.90. The molecule has 1 N–H and O–H groups in total. The minimum Gasteiger partial charge on any atom is -0.258 e. The second-order valence-corrected chi connectivity index (χ2v) is 5.77. The molecule has 2 aromatic rings. The molecule has 0 spiro atoms. The fraction of sp³-hybridized carbons (Fsp3) is 0.0833. The number of nitro benzene ring substituents is 1. The Bertz CT molecular complexity index is 762. The van der Waals surface area contributed by atoms with Crippen LogP contribution in [0.3, 0.4) is 0 Å². The Morgan fingerprint density at radius 2 is 1.90 bits per heavy atom. The summed E-state index contributed by atoms with van der Waals surface area (Å²) in [6, 6.07) is 6.93. The molecule has 1 heterocycles. The summed E-state index contributed by atoms with van der Waals surface area (Å²) in [6.45, 7) is -0.313. The van der Waals surface area contributed by atoms with Crippen LogP contribution in [0.15, 0.2) is 47.5 Å². The van der Waals surface area contributed by atoms with Crippen LogP contribution in [0.1, 0.15) is 5.69 Å². The Morgan fingerprint density at radius 3 is 2.48 bits per heavy atom. The Morgan fingerprint density at radius 1 is 1.24 bits per heavy atom. The second-order valence-electron chi connectivity index (χ2n) is 4.01. The summed E-state index contributed by atoms with van der Waals surface area (Å²) in [5.74, 6) is -0.621. The van der Waals surface area contributed by atoms with Crippen LogP contribution in [0.2, 0.25) is 0 Å². The number of hydrogen-bond acceptors (Lipinski definition) is 5. The molecule has 2 rings (SSSR count). The summed E-state index contributed by atoms with van der Waals surface area (Å²) in [5.41, 5.74) is -0.257. The first-order chi connectivity index (χ1) is 9.90. The normalized spacial score (nSPS) is 11.3. The number of nitrogens with zero attached hydrogens (tertiary/aromatic N) is 2. The number of benzene rings is 1. The van der Waals surface area contributed by atoms with Gasteiger partial charge >= 0.3 is 0 Å². The largest absolute Gasteiger partial charge is 0.269 e. The number of nitrogens with one attached hydrogen (secondary N) is 1. The van der Waals surface area contributed by atoms with Crippen molar-refractivity contribution >= 4 is 15.7 Å². The Kier molecular flexibility index (Phi) is 4.24. The number of nitro groups is 1. The SMILES string of the molecule is O=[N+]([O-])c1ccc(S(=O)(=O)NCc2ncccc2F)cc1. The van der Waals surface area contributed by atoms with Gasteiger partial charge in [0.1, 0.15) is 5.82 Å². The van der Waals surface area contributed by atoms with Crippen LogP contribution in [0.4, 0.5) is 10.1 Å². The van der Waals surface area contributed by atoms with Crippen molar-refractivity contribution in [1.82, 2.24) is 9.71 Å². The standard InChI is InChI=1S/C12H10FN3O4S/c13-11-2-1-7-14-12(11)8-15-21(19,20)10-5-3-9(4-6-10)16(17)18/h1-7,15H,8H2. The highest BCUT2D eigenvalue weighted by Gasteiger charge is 2.16. The lowest BCUT2D eigenvalue weighted by atomic mass is 10.3. The minimum atomic E-state index is -3.90. The van der Waals surface area contributed by atoms with E-state index in [0.29, 0.717) is 0 Å². The highest BCUT2D eigenvalue weighted by atomic mass is 32.2. The lowest BCUT2D eigenvalue weighted by Gasteiger charge is -2.06. The molecule has 1 aromatic carbocycles. The molecule has 0 aliphatic heterocycles. The molecular weight excluding hydrogens is 301 g/mol. The van der Waals surface area contributed by atoms with E-state index in [-0.39, 0.29) is 22.8 Å². The van der Waals surface area contributed by atoms with E-state index in [2.05, 4.69) is 9.71 Å². The van der Waals surface area contributed by atoms with Crippen molar-refractivity contribution in [3.63, 3.8) is 0 Å². The molecule has 0 saturated carbocycles. The molecule has 0 bridgehead atoms. The Labute approximate surface area is 119 Å². The number of rotatable bonds is 5. The van der Waals surface area contributed by atoms with Crippen molar-refractivity contribution in [2.24, 2.45) is 0 Å². The van der Waals surface area contributed by atoms with Gasteiger partial charge in [-0.1, -0.05) is 0 Å². The molecule has 9 heteroatoms. The number of aromatic nitrogens is 1. The summed E-state index contributed by atoms with van der Waals surface area (Å²) in [5, 5.41) is 10.5. The monoisotopic (exact) mass is 311 g/mol. The summed E-state index contributed by atoms with van der Waals surface area (Å²) < 4.78 is 39.5. The number of halogens is 1. The van der Waals surface area contributed by atoms with Crippen LogP contribution in [-0.2, 0) is 16.6 Å². The van der Waals surface area contributed by atoms with Crippen molar-refractivity contribution in [3.05, 3.63) is 64.2 Å². The summed E-state index contributed by atoms with van der Waals surface area (Å²) in [4.78, 5) is 13.4. The van der Waals surface area contributed by atoms with Gasteiger partial charge in [-0.2, -0.15) is 0 Å². The van der Waals surface area contributed by atoms with Crippen molar-refractivity contribution in [1.29, 1.82) is 0 Å². The summed E-state index contributed by atoms with van der Waals surface area (Å²) in [6.07, 6.45) is 1.35. The molecule has 0 saturated heterocycles. The molecule has 0 unspecified atom stereocenters.